The zero-order valence-corrected chi connectivity index (χ0v) is 11.5. The fourth-order valence-electron chi connectivity index (χ4n) is 0.831. The molecule has 2 heteroatoms. The molecule has 0 rings (SSSR count). The van der Waals surface area contributed by atoms with Gasteiger partial charge in [-0.25, -0.2) is 0 Å². The van der Waals surface area contributed by atoms with E-state index in [1.54, 1.807) is 0 Å². The largest absolute Gasteiger partial charge is 0.457 e. The molecule has 0 aromatic rings. The predicted molar refractivity (Wildman–Crippen MR) is 42.1 cm³/mol. The fraction of sp³-hybridized carbons (Fsp3) is 0.875. The smallest absolute Gasteiger partial charge is 0 e. The van der Waals surface area contributed by atoms with E-state index >= 15 is 0 Å². The van der Waals surface area contributed by atoms with Crippen LogP contribution in [0.1, 0.15) is 33.6 Å². The SMILES string of the molecule is C[CH-]N(CC)CCCC.[U]. The summed E-state index contributed by atoms with van der Waals surface area (Å²) in [5, 5.41) is 0. The van der Waals surface area contributed by atoms with Gasteiger partial charge in [0.1, 0.15) is 0 Å². The molecule has 0 saturated carbocycles. The summed E-state index contributed by atoms with van der Waals surface area (Å²) in [4.78, 5) is 2.34. The van der Waals surface area contributed by atoms with Crippen LogP contribution >= 0.6 is 0 Å². The summed E-state index contributed by atoms with van der Waals surface area (Å²) in [5.74, 6) is 0. The van der Waals surface area contributed by atoms with E-state index < -0.39 is 0 Å². The van der Waals surface area contributed by atoms with Crippen molar-refractivity contribution in [2.45, 2.75) is 33.6 Å². The van der Waals surface area contributed by atoms with Crippen molar-refractivity contribution in [1.29, 1.82) is 0 Å². The van der Waals surface area contributed by atoms with Gasteiger partial charge in [-0.2, -0.15) is 6.92 Å². The average molecular weight is 366 g/mol. The third-order valence-electron chi connectivity index (χ3n) is 1.57. The maximum Gasteiger partial charge on any atom is 0 e. The van der Waals surface area contributed by atoms with Crippen molar-refractivity contribution in [2.24, 2.45) is 0 Å². The number of rotatable bonds is 5. The topological polar surface area (TPSA) is 3.24 Å². The van der Waals surface area contributed by atoms with E-state index in [2.05, 4.69) is 32.2 Å². The van der Waals surface area contributed by atoms with E-state index in [-0.39, 0.29) is 31.1 Å². The molecule has 0 atom stereocenters. The van der Waals surface area contributed by atoms with Crippen molar-refractivity contribution in [1.82, 2.24) is 4.90 Å². The van der Waals surface area contributed by atoms with Crippen LogP contribution in [0.2, 0.25) is 0 Å². The van der Waals surface area contributed by atoms with Crippen molar-refractivity contribution in [3.05, 3.63) is 6.54 Å². The summed E-state index contributed by atoms with van der Waals surface area (Å²) in [7, 11) is 0. The third kappa shape index (κ3) is 7.12. The van der Waals surface area contributed by atoms with Gasteiger partial charge in [0.15, 0.2) is 0 Å². The first-order chi connectivity index (χ1) is 4.35. The summed E-state index contributed by atoms with van der Waals surface area (Å²) < 4.78 is 0. The van der Waals surface area contributed by atoms with Crippen molar-refractivity contribution >= 4 is 0 Å². The van der Waals surface area contributed by atoms with Gasteiger partial charge in [-0.1, -0.05) is 20.3 Å². The van der Waals surface area contributed by atoms with E-state index in [0.717, 1.165) is 6.54 Å². The molecule has 10 heavy (non-hydrogen) atoms. The molecule has 0 fully saturated rings. The van der Waals surface area contributed by atoms with Crippen molar-refractivity contribution in [3.8, 4) is 0 Å². The van der Waals surface area contributed by atoms with Crippen molar-refractivity contribution < 1.29 is 31.1 Å². The molecule has 0 saturated heterocycles. The minimum atomic E-state index is 0. The number of unbranched alkanes of at least 4 members (excludes halogenated alkanes) is 1. The Kier molecular flexibility index (Phi) is 13.6. The fourth-order valence-corrected chi connectivity index (χ4v) is 0.831. The number of nitrogens with zero attached hydrogens (tertiary/aromatic N) is 1. The van der Waals surface area contributed by atoms with E-state index in [1.807, 2.05) is 0 Å². The van der Waals surface area contributed by atoms with Gasteiger partial charge >= 0.3 is 0 Å². The monoisotopic (exact) mass is 366 g/mol. The maximum atomic E-state index is 2.34. The second-order valence-electron chi connectivity index (χ2n) is 2.24. The molecule has 0 amide bonds. The maximum absolute atomic E-state index is 2.34. The summed E-state index contributed by atoms with van der Waals surface area (Å²) in [5.41, 5.74) is 0. The predicted octanol–water partition coefficient (Wildman–Crippen LogP) is 2.29. The van der Waals surface area contributed by atoms with Gasteiger partial charge in [-0.15, -0.1) is 0 Å². The molecule has 0 aromatic carbocycles. The molecule has 0 heterocycles. The molecule has 0 aliphatic carbocycles. The molecule has 0 bridgehead atoms. The third-order valence-corrected chi connectivity index (χ3v) is 1.57. The number of hydrogen-bond acceptors (Lipinski definition) is 1. The first-order valence-electron chi connectivity index (χ1n) is 3.88. The zero-order valence-electron chi connectivity index (χ0n) is 7.35. The van der Waals surface area contributed by atoms with Gasteiger partial charge in [-0.05, 0) is 19.5 Å². The Morgan fingerprint density at radius 2 is 1.90 bits per heavy atom. The van der Waals surface area contributed by atoms with Gasteiger partial charge < -0.3 is 4.90 Å². The van der Waals surface area contributed by atoms with Gasteiger partial charge in [0, 0.05) is 31.1 Å². The Morgan fingerprint density at radius 1 is 1.30 bits per heavy atom. The molecular formula is C8H18NU-. The molecule has 0 aromatic heterocycles. The van der Waals surface area contributed by atoms with Crippen LogP contribution in [0.4, 0.5) is 0 Å². The number of hydrogen-bond donors (Lipinski definition) is 0. The van der Waals surface area contributed by atoms with Gasteiger partial charge in [0.05, 0.1) is 0 Å². The summed E-state index contributed by atoms with van der Waals surface area (Å²) >= 11 is 0. The second-order valence-corrected chi connectivity index (χ2v) is 2.24. The quantitative estimate of drug-likeness (QED) is 0.675. The standard InChI is InChI=1S/C8H18N.U/c1-4-7-8-9(5-2)6-3;/h5H,4,6-8H2,1-3H3;/q-1;. The van der Waals surface area contributed by atoms with Gasteiger partial charge in [0.25, 0.3) is 0 Å². The van der Waals surface area contributed by atoms with Crippen molar-refractivity contribution in [2.75, 3.05) is 13.1 Å². The van der Waals surface area contributed by atoms with Crippen LogP contribution in [0.5, 0.6) is 0 Å². The molecule has 0 aliphatic heterocycles. The van der Waals surface area contributed by atoms with Crippen LogP contribution in [0.25, 0.3) is 0 Å². The van der Waals surface area contributed by atoms with Crippen LogP contribution < -0.4 is 0 Å². The molecule has 0 spiro atoms. The minimum absolute atomic E-state index is 0. The molecule has 0 unspecified atom stereocenters. The molecule has 0 N–H and O–H groups in total. The van der Waals surface area contributed by atoms with E-state index in [4.69, 9.17) is 0 Å². The Hall–Kier alpha value is 1.01. The first-order valence-corrected chi connectivity index (χ1v) is 3.88. The second kappa shape index (κ2) is 10.0. The van der Waals surface area contributed by atoms with Crippen LogP contribution in [-0.2, 0) is 0 Å². The van der Waals surface area contributed by atoms with Crippen molar-refractivity contribution in [3.63, 3.8) is 0 Å². The Labute approximate surface area is 88.9 Å². The van der Waals surface area contributed by atoms with Crippen LogP contribution in [0.3, 0.4) is 0 Å². The van der Waals surface area contributed by atoms with Gasteiger partial charge in [0.2, 0.25) is 0 Å². The summed E-state index contributed by atoms with van der Waals surface area (Å²) in [6.07, 6.45) is 2.61. The molecule has 0 radical (unpaired) electrons. The van der Waals surface area contributed by atoms with Crippen LogP contribution in [-0.4, -0.2) is 18.0 Å². The van der Waals surface area contributed by atoms with E-state index in [1.165, 1.54) is 19.4 Å². The normalized spacial score (nSPS) is 9.60. The molecule has 0 aliphatic rings. The van der Waals surface area contributed by atoms with Crippen LogP contribution in [0, 0.1) is 37.7 Å². The first kappa shape index (κ1) is 13.6. The molecular weight excluding hydrogens is 348 g/mol. The average Bonchev–Trinajstić information content (AvgIpc) is 1.91. The molecule has 1 nitrogen and oxygen atoms in total. The van der Waals surface area contributed by atoms with Crippen LogP contribution in [0.15, 0.2) is 0 Å². The Balaban J connectivity index is 0. The molecule has 60 valence electrons. The minimum Gasteiger partial charge on any atom is -0.457 e. The summed E-state index contributed by atoms with van der Waals surface area (Å²) in [6, 6.07) is 0. The van der Waals surface area contributed by atoms with E-state index in [9.17, 15) is 0 Å². The van der Waals surface area contributed by atoms with Gasteiger partial charge in [-0.3, -0.25) is 6.54 Å². The summed E-state index contributed by atoms with van der Waals surface area (Å²) in [6.45, 7) is 11.0. The Bertz CT molecular complexity index is 53.2. The Morgan fingerprint density at radius 3 is 2.20 bits per heavy atom. The van der Waals surface area contributed by atoms with E-state index in [0.29, 0.717) is 0 Å². The zero-order chi connectivity index (χ0) is 7.11.